The van der Waals surface area contributed by atoms with Crippen molar-refractivity contribution in [2.75, 3.05) is 5.32 Å². The van der Waals surface area contributed by atoms with Crippen LogP contribution in [0.5, 0.6) is 0 Å². The molecule has 0 spiro atoms. The quantitative estimate of drug-likeness (QED) is 0.930. The number of aromatic nitrogens is 4. The van der Waals surface area contributed by atoms with Gasteiger partial charge in [-0.2, -0.15) is 27.8 Å². The second-order valence-electron chi connectivity index (χ2n) is 4.15. The minimum atomic E-state index is -4.50. The normalized spacial score (nSPS) is 12.3. The smallest absolute Gasteiger partial charge is 0.367 e. The molecule has 0 aliphatic heterocycles. The number of rotatable bonds is 4. The summed E-state index contributed by atoms with van der Waals surface area (Å²) in [5.41, 5.74) is -0.971. The average molecular weight is 273 g/mol. The van der Waals surface area contributed by atoms with E-state index in [1.807, 2.05) is 13.8 Å². The van der Waals surface area contributed by atoms with Gasteiger partial charge in [0.1, 0.15) is 12.1 Å². The molecule has 1 N–H and O–H groups in total. The highest BCUT2D eigenvalue weighted by Crippen LogP contribution is 2.29. The first-order valence-electron chi connectivity index (χ1n) is 6.00. The van der Waals surface area contributed by atoms with Gasteiger partial charge in [0.15, 0.2) is 5.69 Å². The molecule has 19 heavy (non-hydrogen) atoms. The van der Waals surface area contributed by atoms with Crippen LogP contribution in [0.4, 0.5) is 19.0 Å². The molecular formula is C11H14F3N5. The third-order valence-corrected chi connectivity index (χ3v) is 2.88. The van der Waals surface area contributed by atoms with Gasteiger partial charge in [-0.05, 0) is 12.8 Å². The van der Waals surface area contributed by atoms with Gasteiger partial charge in [-0.15, -0.1) is 0 Å². The van der Waals surface area contributed by atoms with Gasteiger partial charge in [0.25, 0.3) is 5.78 Å². The van der Waals surface area contributed by atoms with Crippen molar-refractivity contribution in [1.29, 1.82) is 0 Å². The Morgan fingerprint density at radius 1 is 1.32 bits per heavy atom. The van der Waals surface area contributed by atoms with Crippen LogP contribution in [0.15, 0.2) is 12.4 Å². The molecule has 2 aromatic heterocycles. The van der Waals surface area contributed by atoms with Crippen LogP contribution in [0.25, 0.3) is 5.78 Å². The molecule has 0 aromatic carbocycles. The maximum absolute atomic E-state index is 12.8. The summed E-state index contributed by atoms with van der Waals surface area (Å²) < 4.78 is 39.5. The Balaban J connectivity index is 2.48. The van der Waals surface area contributed by atoms with Gasteiger partial charge < -0.3 is 5.32 Å². The Kier molecular flexibility index (Phi) is 3.59. The van der Waals surface area contributed by atoms with Crippen molar-refractivity contribution in [2.45, 2.75) is 38.9 Å². The van der Waals surface area contributed by atoms with Crippen LogP contribution in [-0.4, -0.2) is 25.6 Å². The third kappa shape index (κ3) is 2.77. The van der Waals surface area contributed by atoms with Crippen LogP contribution < -0.4 is 5.32 Å². The van der Waals surface area contributed by atoms with E-state index in [2.05, 4.69) is 20.4 Å². The van der Waals surface area contributed by atoms with E-state index in [0.717, 1.165) is 18.9 Å². The van der Waals surface area contributed by atoms with Gasteiger partial charge in [0.2, 0.25) is 0 Å². The molecule has 0 fully saturated rings. The highest BCUT2D eigenvalue weighted by molar-refractivity contribution is 5.46. The number of hydrogen-bond donors (Lipinski definition) is 1. The molecule has 2 rings (SSSR count). The number of hydrogen-bond acceptors (Lipinski definition) is 4. The first kappa shape index (κ1) is 13.6. The molecular weight excluding hydrogens is 259 g/mol. The van der Waals surface area contributed by atoms with Gasteiger partial charge in [0, 0.05) is 12.1 Å². The molecule has 2 heterocycles. The van der Waals surface area contributed by atoms with Crippen LogP contribution in [0, 0.1) is 0 Å². The highest BCUT2D eigenvalue weighted by Gasteiger charge is 2.34. The highest BCUT2D eigenvalue weighted by atomic mass is 19.4. The lowest BCUT2D eigenvalue weighted by Crippen LogP contribution is -2.21. The van der Waals surface area contributed by atoms with Crippen LogP contribution in [0.1, 0.15) is 32.4 Å². The average Bonchev–Trinajstić information content (AvgIpc) is 2.82. The van der Waals surface area contributed by atoms with E-state index < -0.39 is 11.9 Å². The van der Waals surface area contributed by atoms with E-state index in [1.165, 1.54) is 10.8 Å². The topological polar surface area (TPSA) is 55.1 Å². The fourth-order valence-corrected chi connectivity index (χ4v) is 1.76. The zero-order valence-corrected chi connectivity index (χ0v) is 10.6. The summed E-state index contributed by atoms with van der Waals surface area (Å²) in [6, 6.07) is 1.04. The first-order chi connectivity index (χ1) is 8.95. The van der Waals surface area contributed by atoms with Crippen LogP contribution in [-0.2, 0) is 6.18 Å². The summed E-state index contributed by atoms with van der Waals surface area (Å²) in [6.45, 7) is 3.93. The van der Waals surface area contributed by atoms with E-state index in [4.69, 9.17) is 0 Å². The Hall–Kier alpha value is -1.86. The van der Waals surface area contributed by atoms with Crippen molar-refractivity contribution in [2.24, 2.45) is 0 Å². The van der Waals surface area contributed by atoms with Crippen molar-refractivity contribution < 1.29 is 13.2 Å². The zero-order valence-electron chi connectivity index (χ0n) is 10.6. The van der Waals surface area contributed by atoms with Crippen molar-refractivity contribution in [3.63, 3.8) is 0 Å². The molecule has 2 aromatic rings. The molecule has 0 radical (unpaired) electrons. The third-order valence-electron chi connectivity index (χ3n) is 2.88. The van der Waals surface area contributed by atoms with E-state index in [1.54, 1.807) is 0 Å². The zero-order chi connectivity index (χ0) is 14.0. The lowest BCUT2D eigenvalue weighted by Gasteiger charge is -2.17. The lowest BCUT2D eigenvalue weighted by molar-refractivity contribution is -0.141. The van der Waals surface area contributed by atoms with E-state index in [9.17, 15) is 13.2 Å². The maximum Gasteiger partial charge on any atom is 0.433 e. The summed E-state index contributed by atoms with van der Waals surface area (Å²) in [7, 11) is 0. The Labute approximate surface area is 107 Å². The van der Waals surface area contributed by atoms with Crippen molar-refractivity contribution in [3.8, 4) is 0 Å². The van der Waals surface area contributed by atoms with Gasteiger partial charge in [0.05, 0.1) is 0 Å². The predicted octanol–water partition coefficient (Wildman–Crippen LogP) is 2.74. The molecule has 0 bridgehead atoms. The molecule has 0 amide bonds. The minimum Gasteiger partial charge on any atom is -0.367 e. The number of fused-ring (bicyclic) bond motifs is 1. The van der Waals surface area contributed by atoms with Gasteiger partial charge in [-0.3, -0.25) is 0 Å². The van der Waals surface area contributed by atoms with Gasteiger partial charge >= 0.3 is 6.18 Å². The molecule has 0 unspecified atom stereocenters. The molecule has 0 saturated carbocycles. The predicted molar refractivity (Wildman–Crippen MR) is 63.8 cm³/mol. The van der Waals surface area contributed by atoms with Gasteiger partial charge in [-0.25, -0.2) is 4.98 Å². The van der Waals surface area contributed by atoms with E-state index >= 15 is 0 Å². The van der Waals surface area contributed by atoms with Crippen molar-refractivity contribution in [3.05, 3.63) is 18.1 Å². The number of halogens is 3. The fourth-order valence-electron chi connectivity index (χ4n) is 1.76. The van der Waals surface area contributed by atoms with Crippen LogP contribution >= 0.6 is 0 Å². The second-order valence-corrected chi connectivity index (χ2v) is 4.15. The summed E-state index contributed by atoms with van der Waals surface area (Å²) in [5.74, 6) is 0.187. The monoisotopic (exact) mass is 273 g/mol. The van der Waals surface area contributed by atoms with Crippen LogP contribution in [0.2, 0.25) is 0 Å². The number of anilines is 1. The molecule has 5 nitrogen and oxygen atoms in total. The SMILES string of the molecule is CCC(CC)Nc1cc(C(F)(F)F)nc2ncnn12. The summed E-state index contributed by atoms with van der Waals surface area (Å²) in [6.07, 6.45) is -1.72. The molecule has 0 aliphatic carbocycles. The second kappa shape index (κ2) is 5.02. The summed E-state index contributed by atoms with van der Waals surface area (Å²) >= 11 is 0. The Morgan fingerprint density at radius 2 is 2.00 bits per heavy atom. The van der Waals surface area contributed by atoms with E-state index in [-0.39, 0.29) is 17.6 Å². The number of alkyl halides is 3. The summed E-state index contributed by atoms with van der Waals surface area (Å²) in [5, 5.41) is 6.92. The van der Waals surface area contributed by atoms with Crippen molar-refractivity contribution >= 4 is 11.6 Å². The molecule has 0 atom stereocenters. The minimum absolute atomic E-state index is 0.0664. The summed E-state index contributed by atoms with van der Waals surface area (Å²) in [4.78, 5) is 7.16. The van der Waals surface area contributed by atoms with Crippen LogP contribution in [0.3, 0.4) is 0 Å². The molecule has 0 aliphatic rings. The maximum atomic E-state index is 12.8. The molecule has 8 heteroatoms. The first-order valence-corrected chi connectivity index (χ1v) is 6.00. The van der Waals surface area contributed by atoms with Crippen molar-refractivity contribution in [1.82, 2.24) is 19.6 Å². The standard InChI is InChI=1S/C11H14F3N5/c1-3-7(4-2)17-9-5-8(11(12,13)14)18-10-15-6-16-19(9)10/h5-7,17H,3-4H2,1-2H3. The van der Waals surface area contributed by atoms with Gasteiger partial charge in [-0.1, -0.05) is 13.8 Å². The van der Waals surface area contributed by atoms with E-state index in [0.29, 0.717) is 0 Å². The lowest BCUT2D eigenvalue weighted by atomic mass is 10.2. The fraction of sp³-hybridized carbons (Fsp3) is 0.545. The molecule has 104 valence electrons. The Morgan fingerprint density at radius 3 is 2.58 bits per heavy atom. The molecule has 0 saturated heterocycles. The Bertz CT molecular complexity index is 559. The largest absolute Gasteiger partial charge is 0.433 e. The number of nitrogens with zero attached hydrogens (tertiary/aromatic N) is 4. The number of nitrogens with one attached hydrogen (secondary N) is 1.